The van der Waals surface area contributed by atoms with Crippen LogP contribution in [0.2, 0.25) is 5.02 Å². The zero-order chi connectivity index (χ0) is 14.7. The van der Waals surface area contributed by atoms with Crippen molar-refractivity contribution in [3.05, 3.63) is 51.6 Å². The summed E-state index contributed by atoms with van der Waals surface area (Å²) in [7, 11) is 0. The predicted molar refractivity (Wildman–Crippen MR) is 81.5 cm³/mol. The van der Waals surface area contributed by atoms with Gasteiger partial charge >= 0.3 is 0 Å². The van der Waals surface area contributed by atoms with Crippen LogP contribution >= 0.6 is 39.7 Å². The first-order valence-electron chi connectivity index (χ1n) is 5.28. The van der Waals surface area contributed by atoms with Gasteiger partial charge in [-0.15, -0.1) is 0 Å². The number of hydrogen-bond donors (Lipinski definition) is 2. The lowest BCUT2D eigenvalue weighted by Crippen LogP contribution is -2.33. The quantitative estimate of drug-likeness (QED) is 0.778. The van der Waals surface area contributed by atoms with E-state index in [2.05, 4.69) is 26.6 Å². The summed E-state index contributed by atoms with van der Waals surface area (Å²) in [5.41, 5.74) is 0.460. The van der Waals surface area contributed by atoms with E-state index in [1.807, 2.05) is 0 Å². The summed E-state index contributed by atoms with van der Waals surface area (Å²) in [5.74, 6) is -0.924. The third kappa shape index (κ3) is 3.78. The maximum atomic E-state index is 13.0. The van der Waals surface area contributed by atoms with Crippen molar-refractivity contribution in [3.63, 3.8) is 0 Å². The Balaban J connectivity index is 1.98. The van der Waals surface area contributed by atoms with Crippen LogP contribution in [-0.4, -0.2) is 11.0 Å². The van der Waals surface area contributed by atoms with E-state index in [4.69, 9.17) is 28.2 Å². The van der Waals surface area contributed by atoms with Crippen molar-refractivity contribution in [3.8, 4) is 0 Å². The van der Waals surface area contributed by atoms with Gasteiger partial charge in [0.05, 0.1) is 5.02 Å². The maximum Gasteiger partial charge on any atom is 0.293 e. The minimum Gasteiger partial charge on any atom is -0.444 e. The molecule has 0 bridgehead atoms. The molecule has 0 saturated carbocycles. The van der Waals surface area contributed by atoms with Crippen LogP contribution in [0.15, 0.2) is 39.4 Å². The zero-order valence-electron chi connectivity index (χ0n) is 9.75. The number of halogens is 3. The van der Waals surface area contributed by atoms with E-state index < -0.39 is 11.7 Å². The van der Waals surface area contributed by atoms with Gasteiger partial charge in [0.25, 0.3) is 5.91 Å². The average molecular weight is 378 g/mol. The first-order chi connectivity index (χ1) is 9.45. The molecule has 0 atom stereocenters. The van der Waals surface area contributed by atoms with Gasteiger partial charge in [0.1, 0.15) is 5.82 Å². The van der Waals surface area contributed by atoms with Gasteiger partial charge in [-0.3, -0.25) is 10.1 Å². The molecule has 1 amide bonds. The summed E-state index contributed by atoms with van der Waals surface area (Å²) in [4.78, 5) is 11.7. The zero-order valence-corrected chi connectivity index (χ0v) is 12.9. The van der Waals surface area contributed by atoms with Crippen LogP contribution < -0.4 is 10.6 Å². The molecular weight excluding hydrogens is 371 g/mol. The Morgan fingerprint density at radius 1 is 1.35 bits per heavy atom. The van der Waals surface area contributed by atoms with Crippen molar-refractivity contribution in [2.45, 2.75) is 0 Å². The van der Waals surface area contributed by atoms with Crippen molar-refractivity contribution in [2.24, 2.45) is 0 Å². The topological polar surface area (TPSA) is 54.3 Å². The number of thiocarbonyl (C=S) groups is 1. The Labute approximate surface area is 132 Å². The van der Waals surface area contributed by atoms with Crippen molar-refractivity contribution in [2.75, 3.05) is 5.32 Å². The molecule has 4 nitrogen and oxygen atoms in total. The third-order valence-corrected chi connectivity index (χ3v) is 3.12. The molecule has 20 heavy (non-hydrogen) atoms. The van der Waals surface area contributed by atoms with Gasteiger partial charge in [-0.1, -0.05) is 11.6 Å². The van der Waals surface area contributed by atoms with Crippen LogP contribution in [0, 0.1) is 5.82 Å². The molecule has 0 radical (unpaired) electrons. The monoisotopic (exact) mass is 376 g/mol. The second kappa shape index (κ2) is 6.34. The SMILES string of the molecule is O=C(NC(=S)Nc1ccc(F)c(Cl)c1)c1ccc(Br)o1. The molecule has 0 fully saturated rings. The maximum absolute atomic E-state index is 13.0. The Bertz CT molecular complexity index is 677. The molecule has 2 aromatic rings. The molecule has 8 heteroatoms. The number of nitrogens with one attached hydrogen (secondary N) is 2. The smallest absolute Gasteiger partial charge is 0.293 e. The molecule has 0 aliphatic heterocycles. The summed E-state index contributed by atoms with van der Waals surface area (Å²) < 4.78 is 18.5. The minimum atomic E-state index is -0.535. The summed E-state index contributed by atoms with van der Waals surface area (Å²) in [5, 5.41) is 5.14. The predicted octanol–water partition coefficient (Wildman–Crippen LogP) is 3.96. The van der Waals surface area contributed by atoms with Gasteiger partial charge in [-0.25, -0.2) is 4.39 Å². The summed E-state index contributed by atoms with van der Waals surface area (Å²) in [6.07, 6.45) is 0. The van der Waals surface area contributed by atoms with E-state index in [9.17, 15) is 9.18 Å². The molecule has 104 valence electrons. The van der Waals surface area contributed by atoms with Crippen molar-refractivity contribution in [1.29, 1.82) is 0 Å². The third-order valence-electron chi connectivity index (χ3n) is 2.20. The largest absolute Gasteiger partial charge is 0.444 e. The molecule has 0 unspecified atom stereocenters. The molecule has 0 aliphatic rings. The highest BCUT2D eigenvalue weighted by molar-refractivity contribution is 9.10. The highest BCUT2D eigenvalue weighted by atomic mass is 79.9. The average Bonchev–Trinajstić information content (AvgIpc) is 2.80. The molecule has 0 aliphatic carbocycles. The van der Waals surface area contributed by atoms with Gasteiger partial charge in [0.15, 0.2) is 15.5 Å². The lowest BCUT2D eigenvalue weighted by Gasteiger charge is -2.08. The second-order valence-corrected chi connectivity index (χ2v) is 5.24. The highest BCUT2D eigenvalue weighted by Gasteiger charge is 2.12. The molecule has 1 heterocycles. The Hall–Kier alpha value is -1.44. The van der Waals surface area contributed by atoms with E-state index in [-0.39, 0.29) is 15.9 Å². The Kier molecular flexibility index (Phi) is 4.74. The number of carbonyl (C=O) groups excluding carboxylic acids is 1. The standard InChI is InChI=1S/C12H7BrClFN2O2S/c13-10-4-3-9(19-10)11(18)17-12(20)16-6-1-2-8(15)7(14)5-6/h1-5H,(H2,16,17,18,20). The Morgan fingerprint density at radius 2 is 2.10 bits per heavy atom. The van der Waals surface area contributed by atoms with Crippen LogP contribution in [0.1, 0.15) is 10.6 Å². The lowest BCUT2D eigenvalue weighted by molar-refractivity contribution is 0.0949. The normalized spacial score (nSPS) is 10.2. The second-order valence-electron chi connectivity index (χ2n) is 3.64. The number of amides is 1. The van der Waals surface area contributed by atoms with Crippen LogP contribution in [0.5, 0.6) is 0 Å². The van der Waals surface area contributed by atoms with Crippen LogP contribution in [-0.2, 0) is 0 Å². The molecule has 1 aromatic carbocycles. The number of carbonyl (C=O) groups is 1. The fourth-order valence-corrected chi connectivity index (χ4v) is 2.03. The van der Waals surface area contributed by atoms with E-state index in [0.717, 1.165) is 0 Å². The van der Waals surface area contributed by atoms with Gasteiger partial charge in [-0.2, -0.15) is 0 Å². The van der Waals surface area contributed by atoms with Crippen molar-refractivity contribution < 1.29 is 13.6 Å². The van der Waals surface area contributed by atoms with Crippen LogP contribution in [0.4, 0.5) is 10.1 Å². The highest BCUT2D eigenvalue weighted by Crippen LogP contribution is 2.19. The van der Waals surface area contributed by atoms with Gasteiger partial charge in [0, 0.05) is 5.69 Å². The fourth-order valence-electron chi connectivity index (χ4n) is 1.34. The van der Waals surface area contributed by atoms with Crippen molar-refractivity contribution >= 4 is 56.5 Å². The van der Waals surface area contributed by atoms with E-state index in [1.165, 1.54) is 24.3 Å². The number of benzene rings is 1. The molecule has 2 rings (SSSR count). The summed E-state index contributed by atoms with van der Waals surface area (Å²) in [6, 6.07) is 7.09. The molecule has 0 saturated heterocycles. The molecule has 0 spiro atoms. The molecular formula is C12H7BrClFN2O2S. The number of furan rings is 1. The summed E-state index contributed by atoms with van der Waals surface area (Å²) >= 11 is 13.7. The Morgan fingerprint density at radius 3 is 2.70 bits per heavy atom. The number of anilines is 1. The lowest BCUT2D eigenvalue weighted by atomic mass is 10.3. The van der Waals surface area contributed by atoms with E-state index in [0.29, 0.717) is 10.4 Å². The summed E-state index contributed by atoms with van der Waals surface area (Å²) in [6.45, 7) is 0. The van der Waals surface area contributed by atoms with Gasteiger partial charge in [-0.05, 0) is 58.5 Å². The first-order valence-corrected chi connectivity index (χ1v) is 6.86. The van der Waals surface area contributed by atoms with Gasteiger partial charge < -0.3 is 9.73 Å². The van der Waals surface area contributed by atoms with E-state index in [1.54, 1.807) is 6.07 Å². The first kappa shape index (κ1) is 15.0. The van der Waals surface area contributed by atoms with Crippen LogP contribution in [0.3, 0.4) is 0 Å². The number of rotatable bonds is 2. The minimum absolute atomic E-state index is 0.0425. The van der Waals surface area contributed by atoms with Gasteiger partial charge in [0.2, 0.25) is 0 Å². The van der Waals surface area contributed by atoms with Crippen molar-refractivity contribution in [1.82, 2.24) is 5.32 Å². The molecule has 1 aromatic heterocycles. The molecule has 2 N–H and O–H groups in total. The van der Waals surface area contributed by atoms with E-state index >= 15 is 0 Å². The fraction of sp³-hybridized carbons (Fsp3) is 0. The van der Waals surface area contributed by atoms with Crippen LogP contribution in [0.25, 0.3) is 0 Å². The number of hydrogen-bond acceptors (Lipinski definition) is 3.